The van der Waals surface area contributed by atoms with Crippen molar-refractivity contribution in [3.8, 4) is 0 Å². The van der Waals surface area contributed by atoms with Gasteiger partial charge in [0, 0.05) is 11.6 Å². The van der Waals surface area contributed by atoms with E-state index in [1.54, 1.807) is 0 Å². The number of hydrogen-bond acceptors (Lipinski definition) is 1. The minimum Gasteiger partial charge on any atom is -0.307 e. The van der Waals surface area contributed by atoms with E-state index in [0.717, 1.165) is 29.7 Å². The zero-order valence-corrected chi connectivity index (χ0v) is 14.7. The van der Waals surface area contributed by atoms with E-state index in [-0.39, 0.29) is 0 Å². The zero-order chi connectivity index (χ0) is 14.9. The van der Waals surface area contributed by atoms with E-state index < -0.39 is 0 Å². The fourth-order valence-corrected chi connectivity index (χ4v) is 6.25. The second kappa shape index (κ2) is 4.24. The molecule has 20 heavy (non-hydrogen) atoms. The van der Waals surface area contributed by atoms with Crippen molar-refractivity contribution in [2.24, 2.45) is 34.5 Å². The summed E-state index contributed by atoms with van der Waals surface area (Å²) in [5, 5.41) is 4.14. The van der Waals surface area contributed by atoms with Crippen molar-refractivity contribution in [1.29, 1.82) is 0 Å². The molecule has 3 fully saturated rings. The molecule has 0 aromatic heterocycles. The van der Waals surface area contributed by atoms with Crippen molar-refractivity contribution in [2.75, 3.05) is 0 Å². The molecule has 7 atom stereocenters. The Bertz CT molecular complexity index is 403. The molecule has 3 aliphatic rings. The molecule has 0 aromatic rings. The Morgan fingerprint density at radius 3 is 2.25 bits per heavy atom. The van der Waals surface area contributed by atoms with E-state index >= 15 is 0 Å². The van der Waals surface area contributed by atoms with Gasteiger partial charge in [0.05, 0.1) is 0 Å². The number of fused-ring (bicyclic) bond motifs is 3. The second-order valence-electron chi connectivity index (χ2n) is 9.33. The van der Waals surface area contributed by atoms with Crippen LogP contribution in [-0.2, 0) is 0 Å². The van der Waals surface area contributed by atoms with Gasteiger partial charge in [0.25, 0.3) is 0 Å². The summed E-state index contributed by atoms with van der Waals surface area (Å²) in [4.78, 5) is 0. The lowest BCUT2D eigenvalue weighted by molar-refractivity contribution is -0.138. The third-order valence-electron chi connectivity index (χ3n) is 8.61. The molecule has 2 saturated carbocycles. The lowest BCUT2D eigenvalue weighted by atomic mass is 9.38. The average Bonchev–Trinajstić information content (AvgIpc) is 2.47. The molecule has 1 nitrogen and oxygen atoms in total. The lowest BCUT2D eigenvalue weighted by Crippen LogP contribution is -2.67. The van der Waals surface area contributed by atoms with Crippen LogP contribution < -0.4 is 5.32 Å². The van der Waals surface area contributed by atoms with E-state index in [4.69, 9.17) is 0 Å². The van der Waals surface area contributed by atoms with Crippen LogP contribution in [0.15, 0.2) is 0 Å². The van der Waals surface area contributed by atoms with Crippen LogP contribution in [0, 0.1) is 34.5 Å². The first kappa shape index (κ1) is 14.9. The van der Waals surface area contributed by atoms with E-state index in [0.29, 0.717) is 16.4 Å². The van der Waals surface area contributed by atoms with E-state index in [2.05, 4.69) is 53.8 Å². The first-order valence-corrected chi connectivity index (χ1v) is 8.95. The minimum absolute atomic E-state index is 0.449. The molecule has 0 bridgehead atoms. The van der Waals surface area contributed by atoms with Crippen LogP contribution in [0.1, 0.15) is 74.1 Å². The fourth-order valence-electron chi connectivity index (χ4n) is 6.25. The molecule has 2 unspecified atom stereocenters. The molecule has 0 spiro atoms. The molecule has 2 aliphatic carbocycles. The van der Waals surface area contributed by atoms with Gasteiger partial charge in [0.1, 0.15) is 0 Å². The van der Waals surface area contributed by atoms with Crippen molar-refractivity contribution in [3.05, 3.63) is 0 Å². The molecule has 3 rings (SSSR count). The summed E-state index contributed by atoms with van der Waals surface area (Å²) in [6.45, 7) is 17.4. The Morgan fingerprint density at radius 1 is 1.15 bits per heavy atom. The van der Waals surface area contributed by atoms with Gasteiger partial charge in [-0.2, -0.15) is 0 Å². The SMILES string of the molecule is CC(C)[C@@H](C)[C@@H](C)C[C@]12C[C@@H](C)[C@]1(C)C1(C)CCC1N2. The molecule has 1 heterocycles. The minimum atomic E-state index is 0.449. The van der Waals surface area contributed by atoms with Gasteiger partial charge in [-0.3, -0.25) is 0 Å². The highest BCUT2D eigenvalue weighted by Crippen LogP contribution is 2.75. The molecule has 1 aliphatic heterocycles. The Balaban J connectivity index is 1.83. The highest BCUT2D eigenvalue weighted by Gasteiger charge is 2.76. The quantitative estimate of drug-likeness (QED) is 0.773. The Hall–Kier alpha value is -0.0400. The van der Waals surface area contributed by atoms with E-state index in [9.17, 15) is 0 Å². The maximum atomic E-state index is 4.14. The standard InChI is InChI=1S/C19H35N/c1-12(2)15(5)13(3)10-19-11-14(4)18(19,7)17(6)9-8-16(17)20-19/h12-16,20H,8-11H2,1-7H3/t13-,14+,15+,16?,17?,18+,19-/m0/s1. The van der Waals surface area contributed by atoms with E-state index in [1.165, 1.54) is 25.7 Å². The smallest absolute Gasteiger partial charge is 0.0251 e. The summed E-state index contributed by atoms with van der Waals surface area (Å²) in [6.07, 6.45) is 5.65. The molecular formula is C19H35N. The largest absolute Gasteiger partial charge is 0.307 e. The number of hydrogen-bond donors (Lipinski definition) is 1. The van der Waals surface area contributed by atoms with Crippen LogP contribution in [-0.4, -0.2) is 11.6 Å². The van der Waals surface area contributed by atoms with Gasteiger partial charge >= 0.3 is 0 Å². The van der Waals surface area contributed by atoms with Crippen LogP contribution in [0.3, 0.4) is 0 Å². The molecular weight excluding hydrogens is 242 g/mol. The van der Waals surface area contributed by atoms with Crippen molar-refractivity contribution in [1.82, 2.24) is 5.32 Å². The molecule has 1 saturated heterocycles. The summed E-state index contributed by atoms with van der Waals surface area (Å²) in [5.74, 6) is 3.36. The van der Waals surface area contributed by atoms with Gasteiger partial charge in [-0.15, -0.1) is 0 Å². The highest BCUT2D eigenvalue weighted by molar-refractivity contribution is 5.31. The topological polar surface area (TPSA) is 12.0 Å². The molecule has 0 radical (unpaired) electrons. The predicted molar refractivity (Wildman–Crippen MR) is 86.7 cm³/mol. The second-order valence-corrected chi connectivity index (χ2v) is 9.33. The van der Waals surface area contributed by atoms with Crippen molar-refractivity contribution < 1.29 is 0 Å². The molecule has 0 amide bonds. The first-order valence-electron chi connectivity index (χ1n) is 8.95. The molecule has 0 aromatic carbocycles. The normalized spacial score (nSPS) is 52.8. The van der Waals surface area contributed by atoms with Gasteiger partial charge in [0.15, 0.2) is 0 Å². The summed E-state index contributed by atoms with van der Waals surface area (Å²) >= 11 is 0. The van der Waals surface area contributed by atoms with E-state index in [1.807, 2.05) is 0 Å². The van der Waals surface area contributed by atoms with Crippen molar-refractivity contribution in [3.63, 3.8) is 0 Å². The van der Waals surface area contributed by atoms with Crippen LogP contribution in [0.4, 0.5) is 0 Å². The summed E-state index contributed by atoms with van der Waals surface area (Å²) in [7, 11) is 0. The maximum absolute atomic E-state index is 4.14. The predicted octanol–water partition coefficient (Wildman–Crippen LogP) is 4.86. The van der Waals surface area contributed by atoms with Crippen LogP contribution in [0.2, 0.25) is 0 Å². The van der Waals surface area contributed by atoms with Gasteiger partial charge in [0.2, 0.25) is 0 Å². The van der Waals surface area contributed by atoms with Crippen LogP contribution in [0.5, 0.6) is 0 Å². The maximum Gasteiger partial charge on any atom is 0.0251 e. The summed E-state index contributed by atoms with van der Waals surface area (Å²) < 4.78 is 0. The van der Waals surface area contributed by atoms with Gasteiger partial charge in [-0.05, 0) is 60.2 Å². The Labute approximate surface area is 126 Å². The third kappa shape index (κ3) is 1.49. The first-order chi connectivity index (χ1) is 9.18. The average molecular weight is 277 g/mol. The number of nitrogens with one attached hydrogen (secondary N) is 1. The summed E-state index contributed by atoms with van der Waals surface area (Å²) in [6, 6.07) is 0.805. The Kier molecular flexibility index (Phi) is 3.16. The molecule has 1 N–H and O–H groups in total. The lowest BCUT2D eigenvalue weighted by Gasteiger charge is -2.66. The fraction of sp³-hybridized carbons (Fsp3) is 1.00. The molecule has 116 valence electrons. The molecule has 1 heteroatoms. The van der Waals surface area contributed by atoms with Crippen LogP contribution in [0.25, 0.3) is 0 Å². The van der Waals surface area contributed by atoms with Crippen molar-refractivity contribution in [2.45, 2.75) is 85.7 Å². The third-order valence-corrected chi connectivity index (χ3v) is 8.61. The summed E-state index contributed by atoms with van der Waals surface area (Å²) in [5.41, 5.74) is 1.56. The Morgan fingerprint density at radius 2 is 1.80 bits per heavy atom. The number of rotatable bonds is 4. The van der Waals surface area contributed by atoms with Gasteiger partial charge in [-0.25, -0.2) is 0 Å². The van der Waals surface area contributed by atoms with Gasteiger partial charge in [-0.1, -0.05) is 48.5 Å². The van der Waals surface area contributed by atoms with Gasteiger partial charge < -0.3 is 5.32 Å². The zero-order valence-electron chi connectivity index (χ0n) is 14.7. The monoisotopic (exact) mass is 277 g/mol. The van der Waals surface area contributed by atoms with Crippen LogP contribution >= 0.6 is 0 Å². The van der Waals surface area contributed by atoms with Crippen molar-refractivity contribution >= 4 is 0 Å². The highest BCUT2D eigenvalue weighted by atomic mass is 15.2.